The minimum absolute atomic E-state index is 0.0542. The number of piperidine rings is 1. The van der Waals surface area contributed by atoms with Crippen molar-refractivity contribution < 1.29 is 14.6 Å². The first-order valence-electron chi connectivity index (χ1n) is 6.21. The van der Waals surface area contributed by atoms with Gasteiger partial charge in [0.15, 0.2) is 5.72 Å². The molecule has 1 fully saturated rings. The number of hydrogen-bond donors (Lipinski definition) is 2. The van der Waals surface area contributed by atoms with Crippen LogP contribution in [-0.4, -0.2) is 16.7 Å². The Hall–Kier alpha value is -1.01. The van der Waals surface area contributed by atoms with Gasteiger partial charge in [-0.05, 0) is 41.9 Å². The normalized spacial score (nSPS) is 30.2. The summed E-state index contributed by atoms with van der Waals surface area (Å²) in [6.07, 6.45) is 0.599. The second-order valence-corrected chi connectivity index (χ2v) is 7.12. The van der Waals surface area contributed by atoms with Crippen molar-refractivity contribution in [3.63, 3.8) is 0 Å². The molecule has 0 radical (unpaired) electrons. The molecule has 2 bridgehead atoms. The molecule has 1 amide bonds. The lowest BCUT2D eigenvalue weighted by molar-refractivity contribution is -0.127. The van der Waals surface area contributed by atoms with E-state index in [-0.39, 0.29) is 17.6 Å². The standard InChI is InChI=1S/C14H13Br2NO3/c1-6(18)11-9-5-14(2,17-13(11)19)20-12-8(9)3-7(15)4-10(12)16/h3-4,9,18H,5H2,1-2H3,(H,17,19)/b11-6-. The molecule has 0 aliphatic carbocycles. The number of carbonyl (C=O) groups is 1. The van der Waals surface area contributed by atoms with Gasteiger partial charge >= 0.3 is 0 Å². The lowest BCUT2D eigenvalue weighted by Crippen LogP contribution is -2.58. The Kier molecular flexibility index (Phi) is 3.14. The summed E-state index contributed by atoms with van der Waals surface area (Å²) in [4.78, 5) is 12.2. The molecule has 106 valence electrons. The van der Waals surface area contributed by atoms with Crippen molar-refractivity contribution in [3.8, 4) is 5.75 Å². The SMILES string of the molecule is C/C(O)=C1/C(=O)NC2(C)CC1c1cc(Br)cc(Br)c1O2. The summed E-state index contributed by atoms with van der Waals surface area (Å²) in [5.74, 6) is 0.325. The van der Waals surface area contributed by atoms with E-state index in [1.807, 2.05) is 19.1 Å². The molecule has 2 heterocycles. The third-order valence-electron chi connectivity index (χ3n) is 3.69. The molecule has 3 rings (SSSR count). The second-order valence-electron chi connectivity index (χ2n) is 5.35. The van der Waals surface area contributed by atoms with Crippen LogP contribution in [0.1, 0.15) is 31.7 Å². The maximum Gasteiger partial charge on any atom is 0.254 e. The largest absolute Gasteiger partial charge is 0.512 e. The third-order valence-corrected chi connectivity index (χ3v) is 4.74. The van der Waals surface area contributed by atoms with Gasteiger partial charge in [0.25, 0.3) is 5.91 Å². The zero-order valence-corrected chi connectivity index (χ0v) is 14.1. The predicted octanol–water partition coefficient (Wildman–Crippen LogP) is 3.76. The van der Waals surface area contributed by atoms with Crippen molar-refractivity contribution >= 4 is 37.8 Å². The molecular weight excluding hydrogens is 390 g/mol. The van der Waals surface area contributed by atoms with E-state index in [0.29, 0.717) is 17.7 Å². The highest BCUT2D eigenvalue weighted by molar-refractivity contribution is 9.11. The number of rotatable bonds is 0. The first-order valence-corrected chi connectivity index (χ1v) is 7.79. The number of hydrogen-bond acceptors (Lipinski definition) is 3. The van der Waals surface area contributed by atoms with Crippen molar-refractivity contribution in [1.29, 1.82) is 0 Å². The number of ether oxygens (including phenoxy) is 1. The topological polar surface area (TPSA) is 58.6 Å². The molecular formula is C14H13Br2NO3. The van der Waals surface area contributed by atoms with Crippen LogP contribution in [0.25, 0.3) is 0 Å². The van der Waals surface area contributed by atoms with Gasteiger partial charge in [-0.25, -0.2) is 0 Å². The number of halogens is 2. The molecule has 0 aromatic heterocycles. The maximum absolute atomic E-state index is 12.2. The Balaban J connectivity index is 2.26. The summed E-state index contributed by atoms with van der Waals surface area (Å²) in [6, 6.07) is 3.84. The summed E-state index contributed by atoms with van der Waals surface area (Å²) < 4.78 is 7.69. The number of aliphatic hydroxyl groups is 1. The summed E-state index contributed by atoms with van der Waals surface area (Å²) in [6.45, 7) is 3.39. The fourth-order valence-corrected chi connectivity index (χ4v) is 4.27. The fourth-order valence-electron chi connectivity index (χ4n) is 2.93. The van der Waals surface area contributed by atoms with Crippen LogP contribution in [0.2, 0.25) is 0 Å². The minimum atomic E-state index is -0.746. The van der Waals surface area contributed by atoms with Crippen molar-refractivity contribution in [2.45, 2.75) is 31.9 Å². The van der Waals surface area contributed by atoms with E-state index < -0.39 is 5.72 Å². The van der Waals surface area contributed by atoms with Crippen LogP contribution in [0.5, 0.6) is 5.75 Å². The molecule has 2 N–H and O–H groups in total. The van der Waals surface area contributed by atoms with Gasteiger partial charge in [-0.15, -0.1) is 0 Å². The lowest BCUT2D eigenvalue weighted by atomic mass is 9.78. The zero-order chi connectivity index (χ0) is 14.7. The van der Waals surface area contributed by atoms with E-state index in [1.54, 1.807) is 6.92 Å². The van der Waals surface area contributed by atoms with E-state index in [9.17, 15) is 9.90 Å². The molecule has 4 nitrogen and oxygen atoms in total. The fraction of sp³-hybridized carbons (Fsp3) is 0.357. The van der Waals surface area contributed by atoms with E-state index in [1.165, 1.54) is 0 Å². The summed E-state index contributed by atoms with van der Waals surface area (Å²) in [5.41, 5.74) is 0.573. The van der Waals surface area contributed by atoms with Crippen molar-refractivity contribution in [1.82, 2.24) is 5.32 Å². The van der Waals surface area contributed by atoms with E-state index >= 15 is 0 Å². The first kappa shape index (κ1) is 13.9. The van der Waals surface area contributed by atoms with Gasteiger partial charge < -0.3 is 15.2 Å². The maximum atomic E-state index is 12.2. The molecule has 1 aromatic carbocycles. The molecule has 2 unspecified atom stereocenters. The number of nitrogens with one attached hydrogen (secondary N) is 1. The van der Waals surface area contributed by atoms with E-state index in [2.05, 4.69) is 37.2 Å². The van der Waals surface area contributed by atoms with Crippen LogP contribution in [0.15, 0.2) is 32.4 Å². The Labute approximate surface area is 133 Å². The van der Waals surface area contributed by atoms with Gasteiger partial charge in [-0.2, -0.15) is 0 Å². The van der Waals surface area contributed by atoms with Gasteiger partial charge in [0.2, 0.25) is 0 Å². The van der Waals surface area contributed by atoms with Crippen molar-refractivity contribution in [2.24, 2.45) is 0 Å². The molecule has 2 atom stereocenters. The Morgan fingerprint density at radius 2 is 2.20 bits per heavy atom. The van der Waals surface area contributed by atoms with E-state index in [0.717, 1.165) is 14.5 Å². The van der Waals surface area contributed by atoms with Crippen molar-refractivity contribution in [3.05, 3.63) is 38.0 Å². The van der Waals surface area contributed by atoms with Gasteiger partial charge in [0.1, 0.15) is 5.75 Å². The van der Waals surface area contributed by atoms with Crippen LogP contribution in [0.3, 0.4) is 0 Å². The first-order chi connectivity index (χ1) is 9.31. The van der Waals surface area contributed by atoms with Gasteiger partial charge in [-0.1, -0.05) is 15.9 Å². The van der Waals surface area contributed by atoms with Crippen LogP contribution < -0.4 is 10.1 Å². The Bertz CT molecular complexity index is 652. The number of fused-ring (bicyclic) bond motifs is 4. The van der Waals surface area contributed by atoms with Gasteiger partial charge in [0.05, 0.1) is 15.8 Å². The lowest BCUT2D eigenvalue weighted by Gasteiger charge is -2.45. The summed E-state index contributed by atoms with van der Waals surface area (Å²) in [5, 5.41) is 12.7. The Morgan fingerprint density at radius 1 is 1.50 bits per heavy atom. The van der Waals surface area contributed by atoms with Crippen LogP contribution >= 0.6 is 31.9 Å². The second kappa shape index (κ2) is 4.49. The quantitative estimate of drug-likeness (QED) is 0.513. The minimum Gasteiger partial charge on any atom is -0.512 e. The molecule has 2 aliphatic rings. The average Bonchev–Trinajstić information content (AvgIpc) is 2.29. The van der Waals surface area contributed by atoms with Crippen molar-refractivity contribution in [2.75, 3.05) is 0 Å². The molecule has 1 aromatic rings. The number of allylic oxidation sites excluding steroid dienone is 1. The Morgan fingerprint density at radius 3 is 2.85 bits per heavy atom. The van der Waals surface area contributed by atoms with Gasteiger partial charge in [-0.3, -0.25) is 4.79 Å². The van der Waals surface area contributed by atoms with Crippen LogP contribution in [-0.2, 0) is 4.79 Å². The zero-order valence-electron chi connectivity index (χ0n) is 11.0. The smallest absolute Gasteiger partial charge is 0.254 e. The molecule has 1 saturated heterocycles. The summed E-state index contributed by atoms with van der Waals surface area (Å²) in [7, 11) is 0. The molecule has 0 saturated carbocycles. The third kappa shape index (κ3) is 2.05. The predicted molar refractivity (Wildman–Crippen MR) is 81.7 cm³/mol. The molecule has 0 spiro atoms. The number of benzene rings is 1. The highest BCUT2D eigenvalue weighted by atomic mass is 79.9. The van der Waals surface area contributed by atoms with Crippen LogP contribution in [0, 0.1) is 0 Å². The number of carbonyl (C=O) groups excluding carboxylic acids is 1. The van der Waals surface area contributed by atoms with Gasteiger partial charge in [0, 0.05) is 22.4 Å². The highest BCUT2D eigenvalue weighted by Gasteiger charge is 2.47. The molecule has 20 heavy (non-hydrogen) atoms. The average molecular weight is 403 g/mol. The number of aliphatic hydroxyl groups excluding tert-OH is 1. The summed E-state index contributed by atoms with van der Waals surface area (Å²) >= 11 is 6.94. The number of amides is 1. The molecule has 2 aliphatic heterocycles. The van der Waals surface area contributed by atoms with Crippen LogP contribution in [0.4, 0.5) is 0 Å². The monoisotopic (exact) mass is 401 g/mol. The van der Waals surface area contributed by atoms with E-state index in [4.69, 9.17) is 4.74 Å². The highest BCUT2D eigenvalue weighted by Crippen LogP contribution is 2.50. The molecule has 6 heteroatoms.